The molecule has 7 heteroatoms. The number of nitrogens with one attached hydrogen (secondary N) is 2. The van der Waals surface area contributed by atoms with E-state index in [1.165, 1.54) is 36.6 Å². The molecule has 0 saturated carbocycles. The summed E-state index contributed by atoms with van der Waals surface area (Å²) in [5.41, 5.74) is 1.85. The quantitative estimate of drug-likeness (QED) is 0.543. The highest BCUT2D eigenvalue weighted by molar-refractivity contribution is 6.03. The molecule has 2 aromatic carbocycles. The largest absolute Gasteiger partial charge is 0.459 e. The number of amides is 1. The molecule has 4 aromatic rings. The minimum Gasteiger partial charge on any atom is -0.459 e. The normalized spacial score (nSPS) is 11.3. The molecule has 0 saturated heterocycles. The molecular formula is C20H13F2N3O2. The van der Waals surface area contributed by atoms with Crippen molar-refractivity contribution in [1.82, 2.24) is 10.2 Å². The fourth-order valence-electron chi connectivity index (χ4n) is 2.62. The molecule has 1 amide bonds. The fraction of sp³-hybridized carbons (Fsp3) is 0. The number of furan rings is 1. The highest BCUT2D eigenvalue weighted by Crippen LogP contribution is 2.26. The van der Waals surface area contributed by atoms with Gasteiger partial charge in [0.1, 0.15) is 11.6 Å². The number of H-pyrrole nitrogens is 1. The van der Waals surface area contributed by atoms with Crippen LogP contribution in [-0.4, -0.2) is 16.1 Å². The van der Waals surface area contributed by atoms with Crippen molar-refractivity contribution in [3.63, 3.8) is 0 Å². The van der Waals surface area contributed by atoms with Gasteiger partial charge in [0.15, 0.2) is 5.76 Å². The molecule has 0 radical (unpaired) electrons. The predicted molar refractivity (Wildman–Crippen MR) is 98.0 cm³/mol. The van der Waals surface area contributed by atoms with Gasteiger partial charge in [-0.15, -0.1) is 0 Å². The zero-order valence-corrected chi connectivity index (χ0v) is 13.9. The molecule has 0 unspecified atom stereocenters. The summed E-state index contributed by atoms with van der Waals surface area (Å²) >= 11 is 0. The van der Waals surface area contributed by atoms with Gasteiger partial charge in [-0.1, -0.05) is 18.2 Å². The molecule has 134 valence electrons. The molecular weight excluding hydrogens is 352 g/mol. The van der Waals surface area contributed by atoms with Gasteiger partial charge >= 0.3 is 0 Å². The summed E-state index contributed by atoms with van der Waals surface area (Å²) in [4.78, 5) is 12.1. The number of aromatic amines is 1. The van der Waals surface area contributed by atoms with Crippen LogP contribution in [0, 0.1) is 11.6 Å². The van der Waals surface area contributed by atoms with E-state index in [2.05, 4.69) is 15.5 Å². The SMILES string of the molecule is O=C(Nc1cc2c(C=Cc3ccc(F)cc3)n[nH]c2cc1F)c1ccco1. The number of hydrogen-bond acceptors (Lipinski definition) is 3. The van der Waals surface area contributed by atoms with Gasteiger partial charge < -0.3 is 9.73 Å². The van der Waals surface area contributed by atoms with E-state index in [0.29, 0.717) is 16.6 Å². The third kappa shape index (κ3) is 3.48. The molecule has 2 heterocycles. The molecule has 27 heavy (non-hydrogen) atoms. The Kier molecular flexibility index (Phi) is 4.25. The Morgan fingerprint density at radius 3 is 2.67 bits per heavy atom. The maximum absolute atomic E-state index is 14.3. The van der Waals surface area contributed by atoms with Gasteiger partial charge in [-0.2, -0.15) is 5.10 Å². The van der Waals surface area contributed by atoms with Crippen LogP contribution in [0.5, 0.6) is 0 Å². The number of aromatic nitrogens is 2. The summed E-state index contributed by atoms with van der Waals surface area (Å²) in [6, 6.07) is 11.8. The van der Waals surface area contributed by atoms with Gasteiger partial charge in [-0.05, 0) is 42.0 Å². The highest BCUT2D eigenvalue weighted by Gasteiger charge is 2.14. The van der Waals surface area contributed by atoms with Gasteiger partial charge in [0.25, 0.3) is 5.91 Å². The lowest BCUT2D eigenvalue weighted by Crippen LogP contribution is -2.12. The van der Waals surface area contributed by atoms with Crippen LogP contribution in [0.1, 0.15) is 21.8 Å². The summed E-state index contributed by atoms with van der Waals surface area (Å²) in [5, 5.41) is 10.0. The van der Waals surface area contributed by atoms with Gasteiger partial charge in [-0.3, -0.25) is 9.89 Å². The second kappa shape index (κ2) is 6.87. The first-order chi connectivity index (χ1) is 13.1. The maximum Gasteiger partial charge on any atom is 0.291 e. The number of fused-ring (bicyclic) bond motifs is 1. The van der Waals surface area contributed by atoms with Crippen molar-refractivity contribution in [3.05, 3.63) is 83.4 Å². The lowest BCUT2D eigenvalue weighted by atomic mass is 10.1. The number of anilines is 1. The Balaban J connectivity index is 1.65. The van der Waals surface area contributed by atoms with Gasteiger partial charge in [0.05, 0.1) is 23.2 Å². The Labute approximate surface area is 152 Å². The second-order valence-corrected chi connectivity index (χ2v) is 5.80. The van der Waals surface area contributed by atoms with E-state index < -0.39 is 11.7 Å². The molecule has 0 fully saturated rings. The van der Waals surface area contributed by atoms with Crippen molar-refractivity contribution in [1.29, 1.82) is 0 Å². The van der Waals surface area contributed by atoms with Crippen LogP contribution in [0.25, 0.3) is 23.1 Å². The fourth-order valence-corrected chi connectivity index (χ4v) is 2.62. The first-order valence-electron chi connectivity index (χ1n) is 8.06. The highest BCUT2D eigenvalue weighted by atomic mass is 19.1. The van der Waals surface area contributed by atoms with Crippen LogP contribution in [0.3, 0.4) is 0 Å². The molecule has 0 bridgehead atoms. The topological polar surface area (TPSA) is 70.9 Å². The van der Waals surface area contributed by atoms with Crippen molar-refractivity contribution in [2.24, 2.45) is 0 Å². The van der Waals surface area contributed by atoms with Crippen molar-refractivity contribution < 1.29 is 18.0 Å². The van der Waals surface area contributed by atoms with E-state index in [1.54, 1.807) is 30.4 Å². The minimum absolute atomic E-state index is 0.0155. The van der Waals surface area contributed by atoms with Crippen molar-refractivity contribution in [3.8, 4) is 0 Å². The Morgan fingerprint density at radius 2 is 1.93 bits per heavy atom. The molecule has 0 aliphatic rings. The van der Waals surface area contributed by atoms with E-state index in [1.807, 2.05) is 0 Å². The number of benzene rings is 2. The standard InChI is InChI=1S/C20H13F2N3O2/c21-13-6-3-12(4-7-13)5-8-16-14-10-18(15(22)11-17(14)25-24-16)23-20(26)19-2-1-9-27-19/h1-11H,(H,23,26)(H,24,25). The van der Waals surface area contributed by atoms with Crippen LogP contribution in [-0.2, 0) is 0 Å². The average Bonchev–Trinajstić information content (AvgIpc) is 3.32. The first kappa shape index (κ1) is 16.7. The number of halogens is 2. The second-order valence-electron chi connectivity index (χ2n) is 5.80. The van der Waals surface area contributed by atoms with Gasteiger partial charge in [0, 0.05) is 11.5 Å². The summed E-state index contributed by atoms with van der Waals surface area (Å²) in [5.74, 6) is -1.38. The smallest absolute Gasteiger partial charge is 0.291 e. The van der Waals surface area contributed by atoms with Crippen LogP contribution < -0.4 is 5.32 Å². The zero-order valence-electron chi connectivity index (χ0n) is 13.9. The third-order valence-corrected chi connectivity index (χ3v) is 3.98. The number of rotatable bonds is 4. The molecule has 2 N–H and O–H groups in total. The summed E-state index contributed by atoms with van der Waals surface area (Å²) < 4.78 is 32.3. The molecule has 0 aliphatic carbocycles. The van der Waals surface area contributed by atoms with Crippen molar-refractivity contribution >= 4 is 34.6 Å². The van der Waals surface area contributed by atoms with E-state index >= 15 is 0 Å². The molecule has 4 rings (SSSR count). The zero-order chi connectivity index (χ0) is 18.8. The molecule has 5 nitrogen and oxygen atoms in total. The molecule has 0 atom stereocenters. The number of nitrogens with zero attached hydrogens (tertiary/aromatic N) is 1. The van der Waals surface area contributed by atoms with E-state index in [-0.39, 0.29) is 17.3 Å². The maximum atomic E-state index is 14.3. The number of hydrogen-bond donors (Lipinski definition) is 2. The van der Waals surface area contributed by atoms with Crippen LogP contribution in [0.4, 0.5) is 14.5 Å². The predicted octanol–water partition coefficient (Wildman–Crippen LogP) is 4.86. The summed E-state index contributed by atoms with van der Waals surface area (Å²) in [7, 11) is 0. The Morgan fingerprint density at radius 1 is 1.11 bits per heavy atom. The van der Waals surface area contributed by atoms with Crippen molar-refractivity contribution in [2.45, 2.75) is 0 Å². The molecule has 0 spiro atoms. The number of carbonyl (C=O) groups is 1. The number of carbonyl (C=O) groups excluding carboxylic acids is 1. The van der Waals surface area contributed by atoms with E-state index in [0.717, 1.165) is 5.56 Å². The van der Waals surface area contributed by atoms with E-state index in [9.17, 15) is 13.6 Å². The van der Waals surface area contributed by atoms with Gasteiger partial charge in [0.2, 0.25) is 0 Å². The summed E-state index contributed by atoms with van der Waals surface area (Å²) in [6.07, 6.45) is 4.85. The monoisotopic (exact) mass is 365 g/mol. The van der Waals surface area contributed by atoms with E-state index in [4.69, 9.17) is 4.42 Å². The Hall–Kier alpha value is -3.74. The first-order valence-corrected chi connectivity index (χ1v) is 8.06. The van der Waals surface area contributed by atoms with Crippen molar-refractivity contribution in [2.75, 3.05) is 5.32 Å². The molecule has 0 aliphatic heterocycles. The average molecular weight is 365 g/mol. The lowest BCUT2D eigenvalue weighted by molar-refractivity contribution is 0.0996. The lowest BCUT2D eigenvalue weighted by Gasteiger charge is -2.05. The van der Waals surface area contributed by atoms with Crippen LogP contribution in [0.15, 0.2) is 59.2 Å². The Bertz CT molecular complexity index is 1130. The summed E-state index contributed by atoms with van der Waals surface area (Å²) in [6.45, 7) is 0. The van der Waals surface area contributed by atoms with Crippen LogP contribution in [0.2, 0.25) is 0 Å². The minimum atomic E-state index is -0.597. The third-order valence-electron chi connectivity index (χ3n) is 3.98. The molecule has 2 aromatic heterocycles. The van der Waals surface area contributed by atoms with Crippen LogP contribution >= 0.6 is 0 Å². The van der Waals surface area contributed by atoms with Gasteiger partial charge in [-0.25, -0.2) is 8.78 Å².